The summed E-state index contributed by atoms with van der Waals surface area (Å²) in [5, 5.41) is 7.71. The van der Waals surface area contributed by atoms with Gasteiger partial charge in [-0.2, -0.15) is 0 Å². The molecule has 0 saturated heterocycles. The van der Waals surface area contributed by atoms with Crippen molar-refractivity contribution in [3.05, 3.63) is 39.8 Å². The van der Waals surface area contributed by atoms with Gasteiger partial charge in [-0.1, -0.05) is 33.3 Å². The van der Waals surface area contributed by atoms with Gasteiger partial charge in [-0.15, -0.1) is 11.3 Å². The lowest BCUT2D eigenvalue weighted by Gasteiger charge is -2.36. The number of carbonyl (C=O) groups excluding carboxylic acids is 1. The molecule has 5 nitrogen and oxygen atoms in total. The summed E-state index contributed by atoms with van der Waals surface area (Å²) in [5.74, 6) is 2.08. The van der Waals surface area contributed by atoms with Crippen molar-refractivity contribution in [3.8, 4) is 11.5 Å². The van der Waals surface area contributed by atoms with Crippen LogP contribution in [0.4, 0.5) is 5.00 Å². The molecule has 6 heteroatoms. The molecule has 1 aromatic carbocycles. The van der Waals surface area contributed by atoms with Gasteiger partial charge in [-0.3, -0.25) is 4.79 Å². The zero-order valence-corrected chi connectivity index (χ0v) is 19.4. The molecule has 1 aliphatic carbocycles. The smallest absolute Gasteiger partial charge is 0.256 e. The standard InChI is InChI=1S/C24H32N2O3S/c1-6-24(3,4)15-9-10-16-19(13-15)30-23-20(16)22(27)25-21(26-23)14-8-11-17(28-5)18(12-14)29-7-2/h8,11-12,15,21,26H,6-7,9-10,13H2,1-5H3,(H,25,27)/t15-,21+/m1/s1. The Balaban J connectivity index is 1.61. The molecule has 1 amide bonds. The fourth-order valence-electron chi connectivity index (χ4n) is 4.56. The summed E-state index contributed by atoms with van der Waals surface area (Å²) in [6.45, 7) is 9.52. The third-order valence-electron chi connectivity index (χ3n) is 6.88. The molecule has 2 aromatic rings. The Morgan fingerprint density at radius 2 is 2.00 bits per heavy atom. The normalized spacial score (nSPS) is 20.6. The first kappa shape index (κ1) is 21.0. The Bertz CT molecular complexity index is 950. The largest absolute Gasteiger partial charge is 0.493 e. The maximum absolute atomic E-state index is 13.1. The van der Waals surface area contributed by atoms with Crippen LogP contribution in [-0.4, -0.2) is 19.6 Å². The molecule has 2 N–H and O–H groups in total. The Kier molecular flexibility index (Phi) is 5.71. The maximum atomic E-state index is 13.1. The summed E-state index contributed by atoms with van der Waals surface area (Å²) in [4.78, 5) is 14.5. The van der Waals surface area contributed by atoms with Crippen LogP contribution in [0.3, 0.4) is 0 Å². The Morgan fingerprint density at radius 3 is 2.70 bits per heavy atom. The van der Waals surface area contributed by atoms with E-state index in [4.69, 9.17) is 9.47 Å². The zero-order valence-electron chi connectivity index (χ0n) is 18.6. The molecule has 0 unspecified atom stereocenters. The van der Waals surface area contributed by atoms with E-state index in [0.717, 1.165) is 35.4 Å². The summed E-state index contributed by atoms with van der Waals surface area (Å²) in [5.41, 5.74) is 3.40. The van der Waals surface area contributed by atoms with Gasteiger partial charge in [0, 0.05) is 4.88 Å². The molecule has 2 aliphatic rings. The van der Waals surface area contributed by atoms with Crippen molar-refractivity contribution in [2.45, 2.75) is 59.5 Å². The molecule has 0 spiro atoms. The van der Waals surface area contributed by atoms with Crippen LogP contribution in [-0.2, 0) is 12.8 Å². The number of ether oxygens (including phenoxy) is 2. The minimum atomic E-state index is -0.280. The van der Waals surface area contributed by atoms with E-state index < -0.39 is 0 Å². The van der Waals surface area contributed by atoms with Gasteiger partial charge < -0.3 is 20.1 Å². The summed E-state index contributed by atoms with van der Waals surface area (Å²) in [7, 11) is 1.63. The molecular weight excluding hydrogens is 396 g/mol. The number of benzene rings is 1. The van der Waals surface area contributed by atoms with Crippen molar-refractivity contribution in [2.75, 3.05) is 19.0 Å². The SMILES string of the molecule is CCOc1cc([C@H]2NC(=O)c3c(sc4c3CC[C@@H](C(C)(C)CC)C4)N2)ccc1OC. The first-order valence-corrected chi connectivity index (χ1v) is 11.7. The topological polar surface area (TPSA) is 59.6 Å². The molecule has 1 aliphatic heterocycles. The third-order valence-corrected chi connectivity index (χ3v) is 8.07. The number of anilines is 1. The first-order valence-electron chi connectivity index (χ1n) is 10.9. The van der Waals surface area contributed by atoms with E-state index in [1.807, 2.05) is 25.1 Å². The summed E-state index contributed by atoms with van der Waals surface area (Å²) < 4.78 is 11.1. The van der Waals surface area contributed by atoms with E-state index in [9.17, 15) is 4.79 Å². The average molecular weight is 429 g/mol. The Labute approximate surface area is 183 Å². The molecule has 4 rings (SSSR count). The second-order valence-corrected chi connectivity index (χ2v) is 9.99. The van der Waals surface area contributed by atoms with E-state index in [2.05, 4.69) is 31.4 Å². The second kappa shape index (κ2) is 8.14. The summed E-state index contributed by atoms with van der Waals surface area (Å²) in [6, 6.07) is 5.80. The van der Waals surface area contributed by atoms with Gasteiger partial charge in [0.15, 0.2) is 11.5 Å². The van der Waals surface area contributed by atoms with Crippen molar-refractivity contribution < 1.29 is 14.3 Å². The van der Waals surface area contributed by atoms with Gasteiger partial charge in [-0.05, 0) is 60.8 Å². The third kappa shape index (κ3) is 3.66. The van der Waals surface area contributed by atoms with Crippen molar-refractivity contribution in [3.63, 3.8) is 0 Å². The minimum absolute atomic E-state index is 0.0215. The molecule has 162 valence electrons. The second-order valence-electron chi connectivity index (χ2n) is 8.88. The minimum Gasteiger partial charge on any atom is -0.493 e. The number of rotatable bonds is 6. The lowest BCUT2D eigenvalue weighted by Crippen LogP contribution is -2.38. The quantitative estimate of drug-likeness (QED) is 0.633. The van der Waals surface area contributed by atoms with Crippen LogP contribution in [0, 0.1) is 11.3 Å². The van der Waals surface area contributed by atoms with Gasteiger partial charge in [0.2, 0.25) is 0 Å². The van der Waals surface area contributed by atoms with Crippen LogP contribution >= 0.6 is 11.3 Å². The Hall–Kier alpha value is -2.21. The number of hydrogen-bond acceptors (Lipinski definition) is 5. The van der Waals surface area contributed by atoms with E-state index >= 15 is 0 Å². The fourth-order valence-corrected chi connectivity index (χ4v) is 5.91. The highest BCUT2D eigenvalue weighted by Gasteiger charge is 2.37. The van der Waals surface area contributed by atoms with Gasteiger partial charge in [0.1, 0.15) is 11.2 Å². The molecular formula is C24H32N2O3S. The average Bonchev–Trinajstić information content (AvgIpc) is 3.12. The lowest BCUT2D eigenvalue weighted by molar-refractivity contribution is 0.0934. The van der Waals surface area contributed by atoms with Crippen LogP contribution < -0.4 is 20.1 Å². The highest BCUT2D eigenvalue weighted by atomic mass is 32.1. The lowest BCUT2D eigenvalue weighted by atomic mass is 9.69. The predicted molar refractivity (Wildman–Crippen MR) is 122 cm³/mol. The van der Waals surface area contributed by atoms with Crippen LogP contribution in [0.1, 0.15) is 73.1 Å². The monoisotopic (exact) mass is 428 g/mol. The number of amides is 1. The molecule has 2 heterocycles. The van der Waals surface area contributed by atoms with E-state index in [0.29, 0.717) is 29.4 Å². The maximum Gasteiger partial charge on any atom is 0.256 e. The number of fused-ring (bicyclic) bond motifs is 3. The molecule has 1 aromatic heterocycles. The predicted octanol–water partition coefficient (Wildman–Crippen LogP) is 5.55. The molecule has 30 heavy (non-hydrogen) atoms. The van der Waals surface area contributed by atoms with Crippen LogP contribution in [0.2, 0.25) is 0 Å². The first-order chi connectivity index (χ1) is 14.4. The molecule has 0 saturated carbocycles. The van der Waals surface area contributed by atoms with Gasteiger partial charge in [0.05, 0.1) is 19.3 Å². The zero-order chi connectivity index (χ0) is 21.5. The van der Waals surface area contributed by atoms with Crippen molar-refractivity contribution in [1.29, 1.82) is 0 Å². The fraction of sp³-hybridized carbons (Fsp3) is 0.542. The Morgan fingerprint density at radius 1 is 1.20 bits per heavy atom. The highest BCUT2D eigenvalue weighted by Crippen LogP contribution is 2.47. The summed E-state index contributed by atoms with van der Waals surface area (Å²) in [6.07, 6.45) is 4.12. The van der Waals surface area contributed by atoms with E-state index in [-0.39, 0.29) is 12.1 Å². The number of hydrogen-bond donors (Lipinski definition) is 2. The van der Waals surface area contributed by atoms with E-state index in [1.54, 1.807) is 18.4 Å². The number of nitrogens with one attached hydrogen (secondary N) is 2. The number of carbonyl (C=O) groups is 1. The van der Waals surface area contributed by atoms with Crippen LogP contribution in [0.25, 0.3) is 0 Å². The van der Waals surface area contributed by atoms with Crippen LogP contribution in [0.5, 0.6) is 11.5 Å². The van der Waals surface area contributed by atoms with Gasteiger partial charge in [0.25, 0.3) is 5.91 Å². The number of thiophene rings is 1. The van der Waals surface area contributed by atoms with Crippen molar-refractivity contribution in [2.24, 2.45) is 11.3 Å². The molecule has 0 fully saturated rings. The number of methoxy groups -OCH3 is 1. The van der Waals surface area contributed by atoms with Gasteiger partial charge >= 0.3 is 0 Å². The summed E-state index contributed by atoms with van der Waals surface area (Å²) >= 11 is 1.76. The van der Waals surface area contributed by atoms with Crippen molar-refractivity contribution >= 4 is 22.2 Å². The molecule has 0 radical (unpaired) electrons. The van der Waals surface area contributed by atoms with Crippen molar-refractivity contribution in [1.82, 2.24) is 5.32 Å². The van der Waals surface area contributed by atoms with E-state index in [1.165, 1.54) is 16.9 Å². The molecule has 0 bridgehead atoms. The van der Waals surface area contributed by atoms with Gasteiger partial charge in [-0.25, -0.2) is 0 Å². The van der Waals surface area contributed by atoms with Crippen LogP contribution in [0.15, 0.2) is 18.2 Å². The molecule has 2 atom stereocenters. The highest BCUT2D eigenvalue weighted by molar-refractivity contribution is 7.16.